The minimum absolute atomic E-state index is 0.0776. The van der Waals surface area contributed by atoms with Crippen molar-refractivity contribution < 1.29 is 18.3 Å². The minimum atomic E-state index is -0.640. The number of thiophene rings is 1. The Kier molecular flexibility index (Phi) is 4.64. The lowest BCUT2D eigenvalue weighted by Gasteiger charge is -2.24. The molecule has 2 N–H and O–H groups in total. The van der Waals surface area contributed by atoms with Crippen LogP contribution in [0.3, 0.4) is 0 Å². The molecule has 1 aliphatic heterocycles. The van der Waals surface area contributed by atoms with E-state index >= 15 is 4.39 Å². The number of hydrogen-bond acceptors (Lipinski definition) is 8. The van der Waals surface area contributed by atoms with Crippen LogP contribution >= 0.6 is 11.3 Å². The number of nitriles is 1. The van der Waals surface area contributed by atoms with E-state index in [9.17, 15) is 9.65 Å². The van der Waals surface area contributed by atoms with E-state index in [1.54, 1.807) is 6.20 Å². The summed E-state index contributed by atoms with van der Waals surface area (Å²) < 4.78 is 42.1. The van der Waals surface area contributed by atoms with Crippen molar-refractivity contribution in [1.82, 2.24) is 15.0 Å². The van der Waals surface area contributed by atoms with Crippen LogP contribution in [0.25, 0.3) is 32.2 Å². The summed E-state index contributed by atoms with van der Waals surface area (Å²) in [6.45, 7) is 0.902. The van der Waals surface area contributed by atoms with Crippen LogP contribution in [-0.4, -0.2) is 21.6 Å². The van der Waals surface area contributed by atoms with E-state index in [0.29, 0.717) is 23.5 Å². The predicted molar refractivity (Wildman–Crippen MR) is 119 cm³/mol. The van der Waals surface area contributed by atoms with Gasteiger partial charge in [0.1, 0.15) is 16.6 Å². The molecule has 10 heteroatoms. The molecule has 7 nitrogen and oxygen atoms in total. The fraction of sp³-hybridized carbons (Fsp3) is 0.304. The number of nitrogen functional groups attached to an aromatic ring is 1. The van der Waals surface area contributed by atoms with Crippen LogP contribution in [-0.2, 0) is 18.0 Å². The number of pyridine rings is 1. The average Bonchev–Trinajstić information content (AvgIpc) is 3.39. The molecule has 0 radical (unpaired) electrons. The first-order valence-corrected chi connectivity index (χ1v) is 11.4. The van der Waals surface area contributed by atoms with Gasteiger partial charge in [0, 0.05) is 22.5 Å². The lowest BCUT2D eigenvalue weighted by molar-refractivity contribution is 0.135. The number of anilines is 1. The van der Waals surface area contributed by atoms with Crippen molar-refractivity contribution in [2.75, 3.05) is 12.3 Å². The highest BCUT2D eigenvalue weighted by molar-refractivity contribution is 7.23. The van der Waals surface area contributed by atoms with Crippen molar-refractivity contribution in [2.24, 2.45) is 5.92 Å². The summed E-state index contributed by atoms with van der Waals surface area (Å²) in [4.78, 5) is 12.8. The Balaban J connectivity index is 1.60. The Bertz CT molecular complexity index is 1490. The summed E-state index contributed by atoms with van der Waals surface area (Å²) >= 11 is 0.942. The van der Waals surface area contributed by atoms with Gasteiger partial charge in [-0.2, -0.15) is 10.2 Å². The smallest absolute Gasteiger partial charge is 0.317 e. The van der Waals surface area contributed by atoms with Gasteiger partial charge in [0.25, 0.3) is 0 Å². The fourth-order valence-electron chi connectivity index (χ4n) is 4.45. The van der Waals surface area contributed by atoms with Gasteiger partial charge < -0.3 is 15.2 Å². The monoisotopic (exact) mass is 465 g/mol. The van der Waals surface area contributed by atoms with Gasteiger partial charge in [0.15, 0.2) is 11.6 Å². The number of nitrogens with zero attached hydrogens (tertiary/aromatic N) is 4. The van der Waals surface area contributed by atoms with Crippen molar-refractivity contribution in [3.05, 3.63) is 40.7 Å². The number of halogens is 2. The molecule has 33 heavy (non-hydrogen) atoms. The Morgan fingerprint density at radius 2 is 2.03 bits per heavy atom. The van der Waals surface area contributed by atoms with E-state index in [2.05, 4.69) is 15.0 Å². The van der Waals surface area contributed by atoms with E-state index in [1.165, 1.54) is 6.42 Å². The molecule has 0 spiro atoms. The maximum atomic E-state index is 16.1. The molecular formula is C23H17F2N5O2S. The maximum Gasteiger partial charge on any atom is 0.317 e. The summed E-state index contributed by atoms with van der Waals surface area (Å²) in [7, 11) is 0. The molecule has 2 aliphatic rings. The van der Waals surface area contributed by atoms with Crippen molar-refractivity contribution in [2.45, 2.75) is 32.5 Å². The second-order valence-corrected chi connectivity index (χ2v) is 9.33. The molecule has 0 unspecified atom stereocenters. The molecule has 0 amide bonds. The van der Waals surface area contributed by atoms with E-state index in [-0.39, 0.29) is 56.6 Å². The number of nitrogens with two attached hydrogens (primary N) is 1. The zero-order valence-electron chi connectivity index (χ0n) is 17.3. The largest absolute Gasteiger partial charge is 0.463 e. The molecule has 6 rings (SSSR count). The van der Waals surface area contributed by atoms with E-state index in [0.717, 1.165) is 35.9 Å². The number of aromatic nitrogens is 3. The van der Waals surface area contributed by atoms with Gasteiger partial charge >= 0.3 is 6.01 Å². The van der Waals surface area contributed by atoms with Crippen LogP contribution in [0.15, 0.2) is 12.4 Å². The molecule has 166 valence electrons. The number of benzene rings is 1. The Morgan fingerprint density at radius 1 is 1.21 bits per heavy atom. The molecule has 1 saturated carbocycles. The van der Waals surface area contributed by atoms with Crippen LogP contribution in [0.4, 0.5) is 13.8 Å². The Hall–Kier alpha value is -3.42. The van der Waals surface area contributed by atoms with Crippen LogP contribution in [0.2, 0.25) is 0 Å². The van der Waals surface area contributed by atoms with Gasteiger partial charge in [-0.25, -0.2) is 13.8 Å². The van der Waals surface area contributed by atoms with Crippen molar-refractivity contribution in [3.8, 4) is 23.3 Å². The molecule has 1 aromatic carbocycles. The Labute approximate surface area is 190 Å². The molecule has 1 fully saturated rings. The zero-order chi connectivity index (χ0) is 22.7. The maximum absolute atomic E-state index is 16.1. The Morgan fingerprint density at radius 3 is 2.79 bits per heavy atom. The minimum Gasteiger partial charge on any atom is -0.463 e. The summed E-state index contributed by atoms with van der Waals surface area (Å²) in [5.74, 6) is -0.780. The van der Waals surface area contributed by atoms with Gasteiger partial charge in [-0.1, -0.05) is 6.42 Å². The number of hydrogen-bond donors (Lipinski definition) is 1. The van der Waals surface area contributed by atoms with Gasteiger partial charge in [-0.05, 0) is 29.9 Å². The molecule has 0 saturated heterocycles. The van der Waals surface area contributed by atoms with Crippen LogP contribution in [0.5, 0.6) is 6.01 Å². The third-order valence-corrected chi connectivity index (χ3v) is 7.42. The fourth-order valence-corrected chi connectivity index (χ4v) is 5.37. The lowest BCUT2D eigenvalue weighted by Crippen LogP contribution is -2.20. The number of rotatable bonds is 4. The second kappa shape index (κ2) is 7.57. The van der Waals surface area contributed by atoms with Crippen molar-refractivity contribution in [1.29, 1.82) is 5.26 Å². The quantitative estimate of drug-likeness (QED) is 0.459. The molecule has 0 bridgehead atoms. The van der Waals surface area contributed by atoms with Crippen LogP contribution < -0.4 is 10.5 Å². The lowest BCUT2D eigenvalue weighted by atomic mass is 9.86. The first-order chi connectivity index (χ1) is 16.1. The third-order valence-electron chi connectivity index (χ3n) is 6.40. The van der Waals surface area contributed by atoms with Gasteiger partial charge in [0.2, 0.25) is 0 Å². The first kappa shape index (κ1) is 20.2. The first-order valence-electron chi connectivity index (χ1n) is 10.5. The molecule has 4 heterocycles. The summed E-state index contributed by atoms with van der Waals surface area (Å²) in [5.41, 5.74) is 7.73. The van der Waals surface area contributed by atoms with Crippen molar-refractivity contribution >= 4 is 37.3 Å². The highest BCUT2D eigenvalue weighted by atomic mass is 32.1. The highest BCUT2D eigenvalue weighted by Crippen LogP contribution is 2.45. The summed E-state index contributed by atoms with van der Waals surface area (Å²) in [6.07, 6.45) is 5.97. The van der Waals surface area contributed by atoms with Crippen LogP contribution in [0, 0.1) is 28.9 Å². The van der Waals surface area contributed by atoms with Gasteiger partial charge in [-0.3, -0.25) is 4.98 Å². The topological polar surface area (TPSA) is 107 Å². The summed E-state index contributed by atoms with van der Waals surface area (Å²) in [6, 6.07) is 2.11. The van der Waals surface area contributed by atoms with E-state index in [4.69, 9.17) is 15.2 Å². The van der Waals surface area contributed by atoms with Gasteiger partial charge in [-0.15, -0.1) is 11.3 Å². The second-order valence-electron chi connectivity index (χ2n) is 8.27. The predicted octanol–water partition coefficient (Wildman–Crippen LogP) is 4.85. The van der Waals surface area contributed by atoms with E-state index in [1.807, 2.05) is 6.07 Å². The molecule has 3 aromatic heterocycles. The van der Waals surface area contributed by atoms with Crippen LogP contribution in [0.1, 0.15) is 36.0 Å². The SMILES string of the molecule is N#Cc1c(N)sc2c(F)cnc(-c3c4c(c5cnc(OCC6CCC6)nc5c3F)COC4)c12. The molecule has 1 aliphatic carbocycles. The average molecular weight is 465 g/mol. The number of ether oxygens (including phenoxy) is 2. The van der Waals surface area contributed by atoms with Crippen molar-refractivity contribution in [3.63, 3.8) is 0 Å². The molecule has 4 aromatic rings. The highest BCUT2D eigenvalue weighted by Gasteiger charge is 2.30. The molecule has 0 atom stereocenters. The molecular weight excluding hydrogens is 448 g/mol. The van der Waals surface area contributed by atoms with Gasteiger partial charge in [0.05, 0.1) is 42.0 Å². The standard InChI is InChI=1S/C23H17F2N5O2S/c24-15-6-28-20(17-11(4-26)22(27)33-21(15)17)16-14-9-31-8-13(14)12-5-29-23(30-19(12)18(16)25)32-7-10-2-1-3-10/h5-6,10H,1-3,7-9,27H2. The number of fused-ring (bicyclic) bond motifs is 4. The van der Waals surface area contributed by atoms with E-state index < -0.39 is 11.6 Å². The zero-order valence-corrected chi connectivity index (χ0v) is 18.1. The normalized spacial score (nSPS) is 15.5. The third kappa shape index (κ3) is 3.03. The summed E-state index contributed by atoms with van der Waals surface area (Å²) in [5, 5.41) is 10.5.